The van der Waals surface area contributed by atoms with Gasteiger partial charge in [-0.2, -0.15) is 0 Å². The third-order valence-electron chi connectivity index (χ3n) is 5.71. The Labute approximate surface area is 180 Å². The van der Waals surface area contributed by atoms with Crippen LogP contribution in [0.1, 0.15) is 24.0 Å². The van der Waals surface area contributed by atoms with E-state index in [4.69, 9.17) is 10.5 Å². The Morgan fingerprint density at radius 1 is 1.42 bits per heavy atom. The summed E-state index contributed by atoms with van der Waals surface area (Å²) in [5.74, 6) is -0.0654. The lowest BCUT2D eigenvalue weighted by atomic mass is 10.0. The van der Waals surface area contributed by atoms with E-state index in [2.05, 4.69) is 20.2 Å². The zero-order chi connectivity index (χ0) is 22.0. The summed E-state index contributed by atoms with van der Waals surface area (Å²) in [5.41, 5.74) is 8.39. The molecule has 1 aliphatic rings. The molecule has 1 unspecified atom stereocenters. The Bertz CT molecular complexity index is 1080. The van der Waals surface area contributed by atoms with Gasteiger partial charge in [-0.3, -0.25) is 4.79 Å². The van der Waals surface area contributed by atoms with Crippen LogP contribution in [0.4, 0.5) is 4.39 Å². The predicted molar refractivity (Wildman–Crippen MR) is 118 cm³/mol. The van der Waals surface area contributed by atoms with Crippen molar-refractivity contribution in [2.45, 2.75) is 38.3 Å². The molecule has 0 bridgehead atoms. The summed E-state index contributed by atoms with van der Waals surface area (Å²) in [4.78, 5) is 22.0. The Balaban J connectivity index is 1.41. The molecule has 1 amide bonds. The fourth-order valence-electron chi connectivity index (χ4n) is 4.08. The van der Waals surface area contributed by atoms with E-state index in [1.165, 1.54) is 6.07 Å². The summed E-state index contributed by atoms with van der Waals surface area (Å²) < 4.78 is 20.6. The van der Waals surface area contributed by atoms with Crippen LogP contribution in [0.25, 0.3) is 11.0 Å². The molecule has 2 aromatic heterocycles. The van der Waals surface area contributed by atoms with Gasteiger partial charge in [0.05, 0.1) is 11.4 Å². The summed E-state index contributed by atoms with van der Waals surface area (Å²) in [6, 6.07) is 5.76. The van der Waals surface area contributed by atoms with Crippen molar-refractivity contribution in [2.75, 3.05) is 20.1 Å². The number of rotatable bonds is 6. The standard InChI is InChI=1S/C23H28FN5O2/c1-14-12-27-22-21(14)20(7-8-26-22)31-19-6-5-15(10-17(19)24)11-18(25)23(30)28-16-4-3-9-29(2)13-16/h5-8,10,12,16,18H,3-4,9,11,13,25H2,1-2H3,(H,26,27)(H,28,30)/t16?,18-/m0/s1. The number of likely N-dealkylation sites (tertiary alicyclic amines) is 1. The van der Waals surface area contributed by atoms with Crippen LogP contribution in [0.5, 0.6) is 11.5 Å². The number of halogens is 1. The number of aromatic nitrogens is 2. The Hall–Kier alpha value is -2.97. The third-order valence-corrected chi connectivity index (χ3v) is 5.71. The van der Waals surface area contributed by atoms with E-state index < -0.39 is 11.9 Å². The van der Waals surface area contributed by atoms with Crippen molar-refractivity contribution in [3.63, 3.8) is 0 Å². The van der Waals surface area contributed by atoms with E-state index in [9.17, 15) is 9.18 Å². The normalized spacial score (nSPS) is 18.1. The molecular weight excluding hydrogens is 397 g/mol. The number of piperidine rings is 1. The summed E-state index contributed by atoms with van der Waals surface area (Å²) in [6.07, 6.45) is 5.70. The van der Waals surface area contributed by atoms with Gasteiger partial charge in [0, 0.05) is 25.0 Å². The summed E-state index contributed by atoms with van der Waals surface area (Å²) in [6.45, 7) is 3.80. The number of carbonyl (C=O) groups excluding carboxylic acids is 1. The number of hydrogen-bond acceptors (Lipinski definition) is 5. The van der Waals surface area contributed by atoms with Crippen molar-refractivity contribution >= 4 is 16.9 Å². The van der Waals surface area contributed by atoms with Crippen LogP contribution in [0.3, 0.4) is 0 Å². The SMILES string of the molecule is Cc1c[nH]c2nccc(Oc3ccc(C[C@H](N)C(=O)NC4CCCN(C)C4)cc3F)c12. The highest BCUT2D eigenvalue weighted by Gasteiger charge is 2.22. The van der Waals surface area contributed by atoms with Crippen molar-refractivity contribution in [2.24, 2.45) is 5.73 Å². The average Bonchev–Trinajstić information content (AvgIpc) is 3.12. The van der Waals surface area contributed by atoms with Gasteiger partial charge in [0.1, 0.15) is 11.4 Å². The minimum atomic E-state index is -0.735. The van der Waals surface area contributed by atoms with Gasteiger partial charge in [-0.1, -0.05) is 6.07 Å². The monoisotopic (exact) mass is 425 g/mol. The maximum atomic E-state index is 14.7. The van der Waals surface area contributed by atoms with Crippen LogP contribution >= 0.6 is 0 Å². The molecule has 1 saturated heterocycles. The molecule has 1 fully saturated rings. The second-order valence-electron chi connectivity index (χ2n) is 8.29. The lowest BCUT2D eigenvalue weighted by Gasteiger charge is -2.30. The fraction of sp³-hybridized carbons (Fsp3) is 0.391. The zero-order valence-electron chi connectivity index (χ0n) is 17.8. The number of nitrogens with one attached hydrogen (secondary N) is 2. The Morgan fingerprint density at radius 3 is 3.03 bits per heavy atom. The van der Waals surface area contributed by atoms with Gasteiger partial charge in [0.15, 0.2) is 11.6 Å². The lowest BCUT2D eigenvalue weighted by Crippen LogP contribution is -2.51. The minimum Gasteiger partial charge on any atom is -0.453 e. The van der Waals surface area contributed by atoms with E-state index in [1.54, 1.807) is 24.4 Å². The molecule has 1 aromatic carbocycles. The Kier molecular flexibility index (Phi) is 6.20. The second-order valence-corrected chi connectivity index (χ2v) is 8.29. The molecule has 0 radical (unpaired) electrons. The number of nitrogens with zero attached hydrogens (tertiary/aromatic N) is 2. The largest absolute Gasteiger partial charge is 0.453 e. The molecular formula is C23H28FN5O2. The molecule has 3 heterocycles. The molecule has 4 N–H and O–H groups in total. The number of amides is 1. The number of hydrogen-bond donors (Lipinski definition) is 3. The van der Waals surface area contributed by atoms with E-state index >= 15 is 0 Å². The quantitative estimate of drug-likeness (QED) is 0.564. The second kappa shape index (κ2) is 9.03. The van der Waals surface area contributed by atoms with Crippen molar-refractivity contribution in [1.29, 1.82) is 0 Å². The number of likely N-dealkylation sites (N-methyl/N-ethyl adjacent to an activating group) is 1. The van der Waals surface area contributed by atoms with Gasteiger partial charge in [0.25, 0.3) is 0 Å². The maximum absolute atomic E-state index is 14.7. The molecule has 31 heavy (non-hydrogen) atoms. The summed E-state index contributed by atoms with van der Waals surface area (Å²) >= 11 is 0. The summed E-state index contributed by atoms with van der Waals surface area (Å²) in [5, 5.41) is 3.83. The molecule has 8 heteroatoms. The van der Waals surface area contributed by atoms with Gasteiger partial charge in [-0.05, 0) is 69.1 Å². The number of aryl methyl sites for hydroxylation is 1. The van der Waals surface area contributed by atoms with Gasteiger partial charge >= 0.3 is 0 Å². The molecule has 2 atom stereocenters. The first-order valence-corrected chi connectivity index (χ1v) is 10.5. The molecule has 0 spiro atoms. The third kappa shape index (κ3) is 4.86. The molecule has 7 nitrogen and oxygen atoms in total. The van der Waals surface area contributed by atoms with Gasteiger partial charge < -0.3 is 25.7 Å². The van der Waals surface area contributed by atoms with Crippen molar-refractivity contribution in [3.05, 3.63) is 53.6 Å². The first-order chi connectivity index (χ1) is 14.9. The number of aromatic amines is 1. The first kappa shape index (κ1) is 21.3. The number of pyridine rings is 1. The zero-order valence-corrected chi connectivity index (χ0v) is 17.8. The van der Waals surface area contributed by atoms with E-state index in [-0.39, 0.29) is 24.1 Å². The topological polar surface area (TPSA) is 96.3 Å². The highest BCUT2D eigenvalue weighted by atomic mass is 19.1. The van der Waals surface area contributed by atoms with Crippen LogP contribution in [0, 0.1) is 12.7 Å². The molecule has 4 rings (SSSR count). The van der Waals surface area contributed by atoms with Crippen molar-refractivity contribution in [3.8, 4) is 11.5 Å². The van der Waals surface area contributed by atoms with Gasteiger partial charge in [-0.25, -0.2) is 9.37 Å². The Morgan fingerprint density at radius 2 is 2.26 bits per heavy atom. The van der Waals surface area contributed by atoms with E-state index in [0.29, 0.717) is 17.0 Å². The van der Waals surface area contributed by atoms with Crippen LogP contribution in [0.2, 0.25) is 0 Å². The number of carbonyl (C=O) groups is 1. The van der Waals surface area contributed by atoms with Crippen LogP contribution < -0.4 is 15.8 Å². The van der Waals surface area contributed by atoms with E-state index in [1.807, 2.05) is 20.2 Å². The molecule has 3 aromatic rings. The highest BCUT2D eigenvalue weighted by molar-refractivity contribution is 5.86. The highest BCUT2D eigenvalue weighted by Crippen LogP contribution is 2.32. The van der Waals surface area contributed by atoms with Gasteiger partial charge in [-0.15, -0.1) is 0 Å². The number of fused-ring (bicyclic) bond motifs is 1. The van der Waals surface area contributed by atoms with Crippen LogP contribution in [-0.4, -0.2) is 53.0 Å². The number of ether oxygens (including phenoxy) is 1. The molecule has 164 valence electrons. The van der Waals surface area contributed by atoms with Crippen molar-refractivity contribution in [1.82, 2.24) is 20.2 Å². The average molecular weight is 426 g/mol. The first-order valence-electron chi connectivity index (χ1n) is 10.5. The van der Waals surface area contributed by atoms with Crippen molar-refractivity contribution < 1.29 is 13.9 Å². The number of H-pyrrole nitrogens is 1. The van der Waals surface area contributed by atoms with E-state index in [0.717, 1.165) is 36.9 Å². The molecule has 0 aliphatic carbocycles. The number of nitrogens with two attached hydrogens (primary N) is 1. The number of benzene rings is 1. The lowest BCUT2D eigenvalue weighted by molar-refractivity contribution is -0.123. The smallest absolute Gasteiger partial charge is 0.237 e. The minimum absolute atomic E-state index is 0.110. The molecule has 1 aliphatic heterocycles. The summed E-state index contributed by atoms with van der Waals surface area (Å²) in [7, 11) is 2.04. The predicted octanol–water partition coefficient (Wildman–Crippen LogP) is 2.88. The fourth-order valence-corrected chi connectivity index (χ4v) is 4.08. The molecule has 0 saturated carbocycles. The maximum Gasteiger partial charge on any atom is 0.237 e. The van der Waals surface area contributed by atoms with Crippen LogP contribution in [-0.2, 0) is 11.2 Å². The van der Waals surface area contributed by atoms with Gasteiger partial charge in [0.2, 0.25) is 5.91 Å². The van der Waals surface area contributed by atoms with Crippen LogP contribution in [0.15, 0.2) is 36.7 Å².